The summed E-state index contributed by atoms with van der Waals surface area (Å²) in [4.78, 5) is 21.0. The van der Waals surface area contributed by atoms with Crippen molar-refractivity contribution in [3.63, 3.8) is 0 Å². The van der Waals surface area contributed by atoms with Crippen molar-refractivity contribution < 1.29 is 14.3 Å². The third-order valence-electron chi connectivity index (χ3n) is 5.39. The van der Waals surface area contributed by atoms with Gasteiger partial charge in [0.05, 0.1) is 24.5 Å². The summed E-state index contributed by atoms with van der Waals surface area (Å²) in [5, 5.41) is 0. The smallest absolute Gasteiger partial charge is 0.257 e. The van der Waals surface area contributed by atoms with Gasteiger partial charge in [0, 0.05) is 31.9 Å². The predicted octanol–water partition coefficient (Wildman–Crippen LogP) is 1.81. The van der Waals surface area contributed by atoms with E-state index in [9.17, 15) is 4.79 Å². The summed E-state index contributed by atoms with van der Waals surface area (Å²) in [5.41, 5.74) is 0.519. The third-order valence-corrected chi connectivity index (χ3v) is 5.39. The van der Waals surface area contributed by atoms with E-state index in [1.54, 1.807) is 25.6 Å². The number of methoxy groups -OCH3 is 1. The maximum absolute atomic E-state index is 12.8. The van der Waals surface area contributed by atoms with E-state index in [2.05, 4.69) is 24.0 Å². The minimum Gasteiger partial charge on any atom is -0.494 e. The summed E-state index contributed by atoms with van der Waals surface area (Å²) >= 11 is 0. The van der Waals surface area contributed by atoms with Gasteiger partial charge in [-0.25, -0.2) is 0 Å². The van der Waals surface area contributed by atoms with Crippen LogP contribution in [0.3, 0.4) is 0 Å². The number of likely N-dealkylation sites (tertiary alicyclic amines) is 1. The first-order valence-corrected chi connectivity index (χ1v) is 8.62. The molecule has 1 unspecified atom stereocenters. The molecule has 0 bridgehead atoms. The highest BCUT2D eigenvalue weighted by Crippen LogP contribution is 2.36. The first-order chi connectivity index (χ1) is 11.5. The molecular formula is C18H27N3O3. The van der Waals surface area contributed by atoms with Gasteiger partial charge in [0.1, 0.15) is 5.75 Å². The molecule has 0 aliphatic carbocycles. The highest BCUT2D eigenvalue weighted by Gasteiger charge is 2.41. The van der Waals surface area contributed by atoms with Crippen LogP contribution >= 0.6 is 0 Å². The molecule has 132 valence electrons. The highest BCUT2D eigenvalue weighted by atomic mass is 16.5. The van der Waals surface area contributed by atoms with Gasteiger partial charge in [0.25, 0.3) is 5.91 Å². The van der Waals surface area contributed by atoms with Crippen molar-refractivity contribution >= 4 is 5.91 Å². The number of aromatic nitrogens is 1. The maximum Gasteiger partial charge on any atom is 0.257 e. The van der Waals surface area contributed by atoms with Crippen molar-refractivity contribution in [2.75, 3.05) is 40.9 Å². The van der Waals surface area contributed by atoms with E-state index in [0.717, 1.165) is 45.4 Å². The highest BCUT2D eigenvalue weighted by molar-refractivity contribution is 5.96. The van der Waals surface area contributed by atoms with E-state index in [0.29, 0.717) is 17.4 Å². The molecule has 3 heterocycles. The van der Waals surface area contributed by atoms with E-state index >= 15 is 0 Å². The number of hydrogen-bond donors (Lipinski definition) is 0. The Morgan fingerprint density at radius 2 is 2.17 bits per heavy atom. The average molecular weight is 333 g/mol. The van der Waals surface area contributed by atoms with Crippen molar-refractivity contribution in [3.05, 3.63) is 24.0 Å². The van der Waals surface area contributed by atoms with Crippen LogP contribution in [0.25, 0.3) is 0 Å². The van der Waals surface area contributed by atoms with Crippen molar-refractivity contribution in [2.24, 2.45) is 0 Å². The second-order valence-electron chi connectivity index (χ2n) is 7.01. The summed E-state index contributed by atoms with van der Waals surface area (Å²) in [6.45, 7) is 2.27. The molecular weight excluding hydrogens is 306 g/mol. The lowest BCUT2D eigenvalue weighted by Gasteiger charge is -2.47. The summed E-state index contributed by atoms with van der Waals surface area (Å²) in [6.07, 6.45) is 7.16. The fourth-order valence-electron chi connectivity index (χ4n) is 3.80. The molecule has 0 aromatic carbocycles. The summed E-state index contributed by atoms with van der Waals surface area (Å²) in [6, 6.07) is 2.30. The quantitative estimate of drug-likeness (QED) is 0.844. The Bertz CT molecular complexity index is 583. The molecule has 2 aliphatic heterocycles. The van der Waals surface area contributed by atoms with Crippen molar-refractivity contribution in [1.82, 2.24) is 14.8 Å². The number of ether oxygens (including phenoxy) is 2. The van der Waals surface area contributed by atoms with Gasteiger partial charge < -0.3 is 19.3 Å². The van der Waals surface area contributed by atoms with Crippen molar-refractivity contribution in [1.29, 1.82) is 0 Å². The van der Waals surface area contributed by atoms with Gasteiger partial charge in [-0.3, -0.25) is 9.78 Å². The summed E-state index contributed by atoms with van der Waals surface area (Å²) < 4.78 is 11.4. The molecule has 2 saturated heterocycles. The van der Waals surface area contributed by atoms with Gasteiger partial charge in [0.15, 0.2) is 0 Å². The number of hydrogen-bond acceptors (Lipinski definition) is 5. The lowest BCUT2D eigenvalue weighted by atomic mass is 9.82. The number of piperidine rings is 1. The van der Waals surface area contributed by atoms with Crippen molar-refractivity contribution in [3.8, 4) is 5.75 Å². The standard InChI is InChI=1S/C18H27N3O3/c1-20(2)14-5-11-24-18(12-14)6-9-21(10-7-18)17(22)15-4-8-19-13-16(15)23-3/h4,8,13-14H,5-7,9-12H2,1-3H3. The van der Waals surface area contributed by atoms with Crippen LogP contribution in [0.4, 0.5) is 0 Å². The molecule has 1 atom stereocenters. The molecule has 1 aromatic rings. The number of rotatable bonds is 3. The van der Waals surface area contributed by atoms with E-state index in [1.165, 1.54) is 0 Å². The average Bonchev–Trinajstić information content (AvgIpc) is 2.62. The van der Waals surface area contributed by atoms with Gasteiger partial charge in [-0.2, -0.15) is 0 Å². The Morgan fingerprint density at radius 1 is 1.42 bits per heavy atom. The van der Waals surface area contributed by atoms with Crippen LogP contribution in [0, 0.1) is 0 Å². The Balaban J connectivity index is 1.65. The molecule has 0 saturated carbocycles. The molecule has 0 N–H and O–H groups in total. The van der Waals surface area contributed by atoms with Gasteiger partial charge in [-0.1, -0.05) is 0 Å². The molecule has 0 radical (unpaired) electrons. The minimum absolute atomic E-state index is 0.0177. The molecule has 2 aliphatic rings. The second-order valence-corrected chi connectivity index (χ2v) is 7.01. The first kappa shape index (κ1) is 17.2. The van der Waals surface area contributed by atoms with Gasteiger partial charge in [-0.05, 0) is 45.8 Å². The SMILES string of the molecule is COc1cnccc1C(=O)N1CCC2(CC1)CC(N(C)C)CCO2. The van der Waals surface area contributed by atoms with Gasteiger partial charge in [-0.15, -0.1) is 0 Å². The van der Waals surface area contributed by atoms with E-state index < -0.39 is 0 Å². The zero-order chi connectivity index (χ0) is 17.2. The molecule has 6 heteroatoms. The van der Waals surface area contributed by atoms with Crippen LogP contribution in [0.1, 0.15) is 36.0 Å². The van der Waals surface area contributed by atoms with E-state index in [-0.39, 0.29) is 11.5 Å². The van der Waals surface area contributed by atoms with Crippen LogP contribution in [-0.4, -0.2) is 73.2 Å². The number of amides is 1. The minimum atomic E-state index is -0.0632. The number of carbonyl (C=O) groups is 1. The number of carbonyl (C=O) groups excluding carboxylic acids is 1. The Labute approximate surface area is 143 Å². The molecule has 6 nitrogen and oxygen atoms in total. The molecule has 1 amide bonds. The third kappa shape index (κ3) is 3.39. The fourth-order valence-corrected chi connectivity index (χ4v) is 3.80. The Morgan fingerprint density at radius 3 is 2.83 bits per heavy atom. The fraction of sp³-hybridized carbons (Fsp3) is 0.667. The molecule has 3 rings (SSSR count). The zero-order valence-corrected chi connectivity index (χ0v) is 14.8. The van der Waals surface area contributed by atoms with Crippen LogP contribution in [0.2, 0.25) is 0 Å². The van der Waals surface area contributed by atoms with Crippen LogP contribution in [0.15, 0.2) is 18.5 Å². The van der Waals surface area contributed by atoms with E-state index in [4.69, 9.17) is 9.47 Å². The lowest BCUT2D eigenvalue weighted by molar-refractivity contribution is -0.125. The molecule has 1 aromatic heterocycles. The van der Waals surface area contributed by atoms with Crippen LogP contribution < -0.4 is 4.74 Å². The predicted molar refractivity (Wildman–Crippen MR) is 91.3 cm³/mol. The van der Waals surface area contributed by atoms with Gasteiger partial charge >= 0.3 is 0 Å². The maximum atomic E-state index is 12.8. The topological polar surface area (TPSA) is 54.9 Å². The lowest BCUT2D eigenvalue weighted by Crippen LogP contribution is -2.53. The second kappa shape index (κ2) is 7.07. The molecule has 2 fully saturated rings. The Kier molecular flexibility index (Phi) is 5.06. The molecule has 1 spiro atoms. The normalized spacial score (nSPS) is 23.5. The van der Waals surface area contributed by atoms with Crippen molar-refractivity contribution in [2.45, 2.75) is 37.3 Å². The van der Waals surface area contributed by atoms with Crippen LogP contribution in [0.5, 0.6) is 5.75 Å². The first-order valence-electron chi connectivity index (χ1n) is 8.62. The van der Waals surface area contributed by atoms with Crippen LogP contribution in [-0.2, 0) is 4.74 Å². The monoisotopic (exact) mass is 333 g/mol. The molecule has 24 heavy (non-hydrogen) atoms. The Hall–Kier alpha value is -1.66. The number of nitrogens with zero attached hydrogens (tertiary/aromatic N) is 3. The largest absolute Gasteiger partial charge is 0.494 e. The van der Waals surface area contributed by atoms with Gasteiger partial charge in [0.2, 0.25) is 0 Å². The number of pyridine rings is 1. The summed E-state index contributed by atoms with van der Waals surface area (Å²) in [7, 11) is 5.84. The van der Waals surface area contributed by atoms with E-state index in [1.807, 2.05) is 4.90 Å². The summed E-state index contributed by atoms with van der Waals surface area (Å²) in [5.74, 6) is 0.549. The zero-order valence-electron chi connectivity index (χ0n) is 14.8.